The molecule has 13 heteroatoms. The maximum atomic E-state index is 13.2. The molecular formula is C20H22F6N2O4S. The summed E-state index contributed by atoms with van der Waals surface area (Å²) in [6, 6.07) is 4.23. The molecule has 2 atom stereocenters. The van der Waals surface area contributed by atoms with Gasteiger partial charge in [-0.15, -0.1) is 0 Å². The van der Waals surface area contributed by atoms with Gasteiger partial charge < -0.3 is 9.47 Å². The van der Waals surface area contributed by atoms with Crippen molar-refractivity contribution in [3.05, 3.63) is 47.3 Å². The van der Waals surface area contributed by atoms with Gasteiger partial charge in [-0.3, -0.25) is 4.68 Å². The van der Waals surface area contributed by atoms with Crippen LogP contribution < -0.4 is 0 Å². The van der Waals surface area contributed by atoms with Gasteiger partial charge in [0.25, 0.3) is 0 Å². The number of aryl methyl sites for hydroxylation is 1. The van der Waals surface area contributed by atoms with E-state index in [1.54, 1.807) is 0 Å². The van der Waals surface area contributed by atoms with Gasteiger partial charge in [0.05, 0.1) is 21.4 Å². The lowest BCUT2D eigenvalue weighted by atomic mass is 10.1. The van der Waals surface area contributed by atoms with Crippen molar-refractivity contribution in [3.63, 3.8) is 0 Å². The summed E-state index contributed by atoms with van der Waals surface area (Å²) in [5.41, 5.74) is -2.18. The minimum Gasteiger partial charge on any atom is -0.385 e. The maximum Gasteiger partial charge on any atom is 0.435 e. The first-order valence-corrected chi connectivity index (χ1v) is 11.6. The van der Waals surface area contributed by atoms with Gasteiger partial charge in [0.15, 0.2) is 15.5 Å². The quantitative estimate of drug-likeness (QED) is 0.409. The highest BCUT2D eigenvalue weighted by atomic mass is 32.2. The molecule has 0 N–H and O–H groups in total. The van der Waals surface area contributed by atoms with E-state index >= 15 is 0 Å². The molecule has 0 bridgehead atoms. The lowest BCUT2D eigenvalue weighted by molar-refractivity contribution is -0.141. The van der Waals surface area contributed by atoms with Gasteiger partial charge in [-0.1, -0.05) is 6.07 Å². The molecule has 2 unspecified atom stereocenters. The first-order chi connectivity index (χ1) is 15.3. The van der Waals surface area contributed by atoms with Crippen molar-refractivity contribution in [3.8, 4) is 0 Å². The zero-order valence-electron chi connectivity index (χ0n) is 17.5. The second-order valence-electron chi connectivity index (χ2n) is 7.60. The molecule has 3 rings (SSSR count). The summed E-state index contributed by atoms with van der Waals surface area (Å²) in [5, 5.41) is 2.47. The number of alkyl halides is 6. The first-order valence-electron chi connectivity index (χ1n) is 10.0. The molecule has 0 saturated carbocycles. The number of ether oxygens (including phenoxy) is 2. The number of hydrogen-bond acceptors (Lipinski definition) is 5. The standard InChI is InChI=1S/C20H22F6N2O4S/c1-31-8-3-7-28-16(12-18(27-28)20(24,25)26)17-11-15(6-9-32-17)33(29,30)14-5-2-4-13(10-14)19(21,22)23/h2,4-5,10,12,15,17H,3,6-9,11H2,1H3. The van der Waals surface area contributed by atoms with Crippen LogP contribution in [0.3, 0.4) is 0 Å². The average molecular weight is 500 g/mol. The Morgan fingerprint density at radius 2 is 1.88 bits per heavy atom. The number of rotatable bonds is 7. The number of aromatic nitrogens is 2. The Morgan fingerprint density at radius 3 is 2.52 bits per heavy atom. The molecule has 0 aliphatic carbocycles. The van der Waals surface area contributed by atoms with Crippen LogP contribution in [0.4, 0.5) is 26.3 Å². The fourth-order valence-corrected chi connectivity index (χ4v) is 5.44. The van der Waals surface area contributed by atoms with E-state index in [-0.39, 0.29) is 38.3 Å². The van der Waals surface area contributed by atoms with E-state index in [4.69, 9.17) is 9.47 Å². The Bertz CT molecular complexity index is 1070. The third kappa shape index (κ3) is 5.87. The third-order valence-electron chi connectivity index (χ3n) is 5.31. The summed E-state index contributed by atoms with van der Waals surface area (Å²) >= 11 is 0. The van der Waals surface area contributed by atoms with Crippen LogP contribution in [0.2, 0.25) is 0 Å². The fraction of sp³-hybridized carbons (Fsp3) is 0.550. The summed E-state index contributed by atoms with van der Waals surface area (Å²) < 4.78 is 116. The van der Waals surface area contributed by atoms with E-state index in [9.17, 15) is 34.8 Å². The molecule has 0 spiro atoms. The summed E-state index contributed by atoms with van der Waals surface area (Å²) in [4.78, 5) is -0.493. The van der Waals surface area contributed by atoms with Crippen LogP contribution in [0.1, 0.15) is 42.3 Å². The predicted octanol–water partition coefficient (Wildman–Crippen LogP) is 4.65. The molecule has 1 aliphatic heterocycles. The van der Waals surface area contributed by atoms with Gasteiger partial charge in [0.2, 0.25) is 0 Å². The van der Waals surface area contributed by atoms with Gasteiger partial charge in [0.1, 0.15) is 6.10 Å². The fourth-order valence-electron chi connectivity index (χ4n) is 3.66. The van der Waals surface area contributed by atoms with Gasteiger partial charge in [-0.25, -0.2) is 8.42 Å². The zero-order valence-corrected chi connectivity index (χ0v) is 18.3. The van der Waals surface area contributed by atoms with E-state index in [0.717, 1.165) is 28.9 Å². The SMILES string of the molecule is COCCCn1nc(C(F)(F)F)cc1C1CC(S(=O)(=O)c2cccc(C(F)(F)F)c2)CCO1. The van der Waals surface area contributed by atoms with Crippen LogP contribution >= 0.6 is 0 Å². The summed E-state index contributed by atoms with van der Waals surface area (Å²) in [6.45, 7) is 0.279. The van der Waals surface area contributed by atoms with Crippen molar-refractivity contribution in [2.45, 2.75) is 54.4 Å². The minimum atomic E-state index is -4.72. The predicted molar refractivity (Wildman–Crippen MR) is 104 cm³/mol. The van der Waals surface area contributed by atoms with Crippen LogP contribution in [0.15, 0.2) is 35.2 Å². The number of hydrogen-bond donors (Lipinski definition) is 0. The number of methoxy groups -OCH3 is 1. The van der Waals surface area contributed by atoms with Crippen molar-refractivity contribution >= 4 is 9.84 Å². The Balaban J connectivity index is 1.89. The Kier molecular flexibility index (Phi) is 7.44. The minimum absolute atomic E-state index is 0.000974. The molecule has 1 fully saturated rings. The molecule has 1 saturated heterocycles. The summed E-state index contributed by atoms with van der Waals surface area (Å²) in [7, 11) is -2.75. The lowest BCUT2D eigenvalue weighted by Crippen LogP contribution is -2.32. The van der Waals surface area contributed by atoms with E-state index in [1.807, 2.05) is 0 Å². The van der Waals surface area contributed by atoms with Gasteiger partial charge in [-0.2, -0.15) is 31.4 Å². The molecule has 2 heterocycles. The van der Waals surface area contributed by atoms with Crippen molar-refractivity contribution in [1.82, 2.24) is 9.78 Å². The largest absolute Gasteiger partial charge is 0.435 e. The van der Waals surface area contributed by atoms with Crippen LogP contribution in [0.5, 0.6) is 0 Å². The highest BCUT2D eigenvalue weighted by Gasteiger charge is 2.40. The average Bonchev–Trinajstić information content (AvgIpc) is 3.18. The summed E-state index contributed by atoms with van der Waals surface area (Å²) in [5.74, 6) is 0. The van der Waals surface area contributed by atoms with E-state index < -0.39 is 49.7 Å². The molecule has 0 radical (unpaired) electrons. The Labute approximate surface area is 186 Å². The normalized spacial score (nSPS) is 20.2. The second kappa shape index (κ2) is 9.63. The molecule has 1 aromatic heterocycles. The van der Waals surface area contributed by atoms with E-state index in [0.29, 0.717) is 12.5 Å². The third-order valence-corrected chi connectivity index (χ3v) is 7.53. The first kappa shape index (κ1) is 25.5. The van der Waals surface area contributed by atoms with Crippen molar-refractivity contribution in [2.24, 2.45) is 0 Å². The van der Waals surface area contributed by atoms with Crippen LogP contribution in [0.25, 0.3) is 0 Å². The monoisotopic (exact) mass is 500 g/mol. The van der Waals surface area contributed by atoms with Crippen LogP contribution in [-0.4, -0.2) is 43.8 Å². The lowest BCUT2D eigenvalue weighted by Gasteiger charge is -2.30. The molecule has 184 valence electrons. The zero-order chi connectivity index (χ0) is 24.4. The van der Waals surface area contributed by atoms with Crippen molar-refractivity contribution in [1.29, 1.82) is 0 Å². The Hall–Kier alpha value is -2.12. The van der Waals surface area contributed by atoms with E-state index in [1.165, 1.54) is 7.11 Å². The van der Waals surface area contributed by atoms with Crippen LogP contribution in [0, 0.1) is 0 Å². The second-order valence-corrected chi connectivity index (χ2v) is 9.83. The van der Waals surface area contributed by atoms with Crippen molar-refractivity contribution in [2.75, 3.05) is 20.3 Å². The highest BCUT2D eigenvalue weighted by molar-refractivity contribution is 7.92. The van der Waals surface area contributed by atoms with E-state index in [2.05, 4.69) is 5.10 Å². The maximum absolute atomic E-state index is 13.2. The number of nitrogens with zero attached hydrogens (tertiary/aromatic N) is 2. The van der Waals surface area contributed by atoms with Gasteiger partial charge in [0, 0.05) is 26.9 Å². The molecule has 0 amide bonds. The van der Waals surface area contributed by atoms with Crippen molar-refractivity contribution < 1.29 is 44.2 Å². The molecule has 33 heavy (non-hydrogen) atoms. The highest BCUT2D eigenvalue weighted by Crippen LogP contribution is 2.38. The molecule has 6 nitrogen and oxygen atoms in total. The number of benzene rings is 1. The van der Waals surface area contributed by atoms with Crippen LogP contribution in [-0.2, 0) is 38.2 Å². The smallest absolute Gasteiger partial charge is 0.385 e. The van der Waals surface area contributed by atoms with Gasteiger partial charge in [-0.05, 0) is 43.5 Å². The number of halogens is 6. The number of sulfone groups is 1. The molecular weight excluding hydrogens is 478 g/mol. The molecule has 1 aliphatic rings. The molecule has 2 aromatic rings. The topological polar surface area (TPSA) is 70.4 Å². The van der Waals surface area contributed by atoms with Gasteiger partial charge >= 0.3 is 12.4 Å². The summed E-state index contributed by atoms with van der Waals surface area (Å²) in [6.07, 6.45) is -10.3. The Morgan fingerprint density at radius 1 is 1.15 bits per heavy atom. The molecule has 1 aromatic carbocycles.